The van der Waals surface area contributed by atoms with Crippen LogP contribution in [0.15, 0.2) is 23.1 Å². The van der Waals surface area contributed by atoms with Gasteiger partial charge >= 0.3 is 0 Å². The first-order valence-corrected chi connectivity index (χ1v) is 6.03. The Morgan fingerprint density at radius 3 is 2.56 bits per heavy atom. The molecule has 0 amide bonds. The van der Waals surface area contributed by atoms with Crippen LogP contribution in [0, 0.1) is 5.82 Å². The number of rotatable bonds is 4. The molecule has 0 saturated heterocycles. The zero-order valence-electron chi connectivity index (χ0n) is 9.07. The van der Waals surface area contributed by atoms with Gasteiger partial charge in [0, 0.05) is 20.6 Å². The smallest absolute Gasteiger partial charge is 0.256 e. The van der Waals surface area contributed by atoms with E-state index >= 15 is 0 Å². The third-order valence-corrected chi connectivity index (χ3v) is 3.32. The highest BCUT2D eigenvalue weighted by Crippen LogP contribution is 2.16. The van der Waals surface area contributed by atoms with Gasteiger partial charge in [0.15, 0.2) is 0 Å². The summed E-state index contributed by atoms with van der Waals surface area (Å²) in [4.78, 5) is 1.75. The fourth-order valence-corrected chi connectivity index (χ4v) is 2.38. The summed E-state index contributed by atoms with van der Waals surface area (Å²) in [5.74, 6) is -0.799. The van der Waals surface area contributed by atoms with E-state index in [2.05, 4.69) is 4.83 Å². The molecule has 0 spiro atoms. The van der Waals surface area contributed by atoms with E-state index in [1.807, 2.05) is 0 Å². The van der Waals surface area contributed by atoms with Crippen molar-refractivity contribution in [3.05, 3.63) is 29.6 Å². The second-order valence-electron chi connectivity index (χ2n) is 3.46. The van der Waals surface area contributed by atoms with Gasteiger partial charge in [-0.05, 0) is 17.7 Å². The van der Waals surface area contributed by atoms with Gasteiger partial charge in [0.05, 0.1) is 0 Å². The van der Waals surface area contributed by atoms with Crippen LogP contribution in [0.2, 0.25) is 0 Å². The summed E-state index contributed by atoms with van der Waals surface area (Å²) in [6, 6.07) is 3.76. The zero-order valence-corrected chi connectivity index (χ0v) is 9.88. The number of nitrogens with one attached hydrogen (secondary N) is 1. The molecule has 0 aliphatic heterocycles. The van der Waals surface area contributed by atoms with Gasteiger partial charge in [0.2, 0.25) is 0 Å². The fourth-order valence-electron chi connectivity index (χ4n) is 1.17. The van der Waals surface area contributed by atoms with Gasteiger partial charge in [0.1, 0.15) is 10.7 Å². The summed E-state index contributed by atoms with van der Waals surface area (Å²) in [5.41, 5.74) is 5.92. The van der Waals surface area contributed by atoms with Gasteiger partial charge in [-0.15, -0.1) is 4.83 Å². The lowest BCUT2D eigenvalue weighted by atomic mass is 10.2. The van der Waals surface area contributed by atoms with Crippen molar-refractivity contribution in [2.75, 3.05) is 14.1 Å². The Bertz CT molecular complexity index is 474. The number of halogens is 1. The van der Waals surface area contributed by atoms with E-state index in [0.29, 0.717) is 5.56 Å². The normalized spacial score (nSPS) is 12.1. The lowest BCUT2D eigenvalue weighted by Gasteiger charge is -2.13. The van der Waals surface area contributed by atoms with Crippen molar-refractivity contribution in [2.24, 2.45) is 5.73 Å². The molecule has 0 heterocycles. The molecule has 1 aromatic carbocycles. The molecule has 0 radical (unpaired) electrons. The molecule has 3 N–H and O–H groups in total. The predicted octanol–water partition coefficient (Wildman–Crippen LogP) is 0.0393. The van der Waals surface area contributed by atoms with E-state index in [0.717, 1.165) is 6.07 Å². The van der Waals surface area contributed by atoms with Crippen LogP contribution in [0.1, 0.15) is 5.56 Å². The van der Waals surface area contributed by atoms with Crippen molar-refractivity contribution < 1.29 is 12.8 Å². The Labute approximate surface area is 94.1 Å². The van der Waals surface area contributed by atoms with Crippen molar-refractivity contribution in [3.8, 4) is 0 Å². The van der Waals surface area contributed by atoms with Crippen LogP contribution in [-0.4, -0.2) is 27.5 Å². The second kappa shape index (κ2) is 4.88. The maximum absolute atomic E-state index is 13.4. The first-order valence-electron chi connectivity index (χ1n) is 4.55. The Balaban J connectivity index is 3.21. The standard InChI is InChI=1S/C9H14FN3O2S/c1-13(2)12-16(14,15)9-5-7(6-11)3-4-8(9)10/h3-5,12H,6,11H2,1-2H3. The SMILES string of the molecule is CN(C)NS(=O)(=O)c1cc(CN)ccc1F. The van der Waals surface area contributed by atoms with Gasteiger partial charge in [-0.3, -0.25) is 0 Å². The molecular formula is C9H14FN3O2S. The van der Waals surface area contributed by atoms with Crippen LogP contribution >= 0.6 is 0 Å². The second-order valence-corrected chi connectivity index (χ2v) is 5.09. The van der Waals surface area contributed by atoms with Crippen molar-refractivity contribution in [2.45, 2.75) is 11.4 Å². The predicted molar refractivity (Wildman–Crippen MR) is 58.3 cm³/mol. The quantitative estimate of drug-likeness (QED) is 0.737. The molecule has 0 unspecified atom stereocenters. The van der Waals surface area contributed by atoms with Crippen LogP contribution in [0.3, 0.4) is 0 Å². The van der Waals surface area contributed by atoms with Gasteiger partial charge < -0.3 is 5.73 Å². The number of sulfonamides is 1. The fraction of sp³-hybridized carbons (Fsp3) is 0.333. The third kappa shape index (κ3) is 2.99. The zero-order chi connectivity index (χ0) is 12.3. The van der Waals surface area contributed by atoms with E-state index in [4.69, 9.17) is 5.73 Å². The largest absolute Gasteiger partial charge is 0.326 e. The van der Waals surface area contributed by atoms with E-state index in [1.54, 1.807) is 0 Å². The van der Waals surface area contributed by atoms with Gasteiger partial charge in [-0.2, -0.15) is 0 Å². The summed E-state index contributed by atoms with van der Waals surface area (Å²) in [5, 5.41) is 1.23. The number of benzene rings is 1. The highest BCUT2D eigenvalue weighted by atomic mass is 32.2. The van der Waals surface area contributed by atoms with Gasteiger partial charge in [0.25, 0.3) is 10.0 Å². The monoisotopic (exact) mass is 247 g/mol. The van der Waals surface area contributed by atoms with Gasteiger partial charge in [-0.1, -0.05) is 6.07 Å². The average Bonchev–Trinajstić information content (AvgIpc) is 2.16. The number of nitrogens with zero attached hydrogens (tertiary/aromatic N) is 1. The third-order valence-electron chi connectivity index (χ3n) is 1.82. The first kappa shape index (κ1) is 13.0. The minimum atomic E-state index is -3.88. The first-order chi connectivity index (χ1) is 7.36. The Kier molecular flexibility index (Phi) is 3.98. The van der Waals surface area contributed by atoms with Crippen molar-refractivity contribution in [3.63, 3.8) is 0 Å². The molecular weight excluding hydrogens is 233 g/mol. The Morgan fingerprint density at radius 2 is 2.06 bits per heavy atom. The lowest BCUT2D eigenvalue weighted by molar-refractivity contribution is 0.363. The molecule has 0 bridgehead atoms. The number of hydrazine groups is 1. The Morgan fingerprint density at radius 1 is 1.44 bits per heavy atom. The van der Waals surface area contributed by atoms with Crippen LogP contribution in [0.5, 0.6) is 0 Å². The van der Waals surface area contributed by atoms with Crippen LogP contribution in [0.25, 0.3) is 0 Å². The summed E-state index contributed by atoms with van der Waals surface area (Å²) < 4.78 is 36.8. The van der Waals surface area contributed by atoms with Crippen molar-refractivity contribution in [1.82, 2.24) is 9.84 Å². The summed E-state index contributed by atoms with van der Waals surface area (Å²) in [6.07, 6.45) is 0. The maximum atomic E-state index is 13.4. The van der Waals surface area contributed by atoms with Crippen molar-refractivity contribution >= 4 is 10.0 Å². The van der Waals surface area contributed by atoms with E-state index < -0.39 is 20.7 Å². The molecule has 0 aromatic heterocycles. The maximum Gasteiger partial charge on any atom is 0.256 e. The molecule has 0 saturated carbocycles. The molecule has 1 rings (SSSR count). The highest BCUT2D eigenvalue weighted by Gasteiger charge is 2.19. The molecule has 0 atom stereocenters. The van der Waals surface area contributed by atoms with E-state index in [1.165, 1.54) is 31.2 Å². The van der Waals surface area contributed by atoms with Crippen LogP contribution in [-0.2, 0) is 16.6 Å². The van der Waals surface area contributed by atoms with E-state index in [9.17, 15) is 12.8 Å². The average molecular weight is 247 g/mol. The van der Waals surface area contributed by atoms with Crippen LogP contribution in [0.4, 0.5) is 4.39 Å². The molecule has 1 aromatic rings. The number of hydrogen-bond donors (Lipinski definition) is 2. The summed E-state index contributed by atoms with van der Waals surface area (Å²) in [6.45, 7) is 0.158. The lowest BCUT2D eigenvalue weighted by Crippen LogP contribution is -2.36. The molecule has 0 aliphatic carbocycles. The molecule has 0 fully saturated rings. The summed E-state index contributed by atoms with van der Waals surface area (Å²) >= 11 is 0. The minimum Gasteiger partial charge on any atom is -0.326 e. The highest BCUT2D eigenvalue weighted by molar-refractivity contribution is 7.89. The van der Waals surface area contributed by atoms with Gasteiger partial charge in [-0.25, -0.2) is 17.8 Å². The Hall–Kier alpha value is -1.02. The molecule has 7 heteroatoms. The number of hydrogen-bond acceptors (Lipinski definition) is 4. The molecule has 90 valence electrons. The van der Waals surface area contributed by atoms with Crippen LogP contribution < -0.4 is 10.6 Å². The molecule has 16 heavy (non-hydrogen) atoms. The summed E-state index contributed by atoms with van der Waals surface area (Å²) in [7, 11) is -0.873. The van der Waals surface area contributed by atoms with E-state index in [-0.39, 0.29) is 6.54 Å². The minimum absolute atomic E-state index is 0.158. The topological polar surface area (TPSA) is 75.4 Å². The van der Waals surface area contributed by atoms with Crippen molar-refractivity contribution in [1.29, 1.82) is 0 Å². The molecule has 5 nitrogen and oxygen atoms in total. The number of nitrogens with two attached hydrogens (primary N) is 1. The molecule has 0 aliphatic rings.